The Bertz CT molecular complexity index is 1680. The Morgan fingerprint density at radius 2 is 1.59 bits per heavy atom. The summed E-state index contributed by atoms with van der Waals surface area (Å²) in [5.74, 6) is 0.438. The van der Waals surface area contributed by atoms with Gasteiger partial charge in [-0.05, 0) is 42.0 Å². The first-order valence-corrected chi connectivity index (χ1v) is 13.3. The first kappa shape index (κ1) is 25.2. The van der Waals surface area contributed by atoms with Crippen molar-refractivity contribution in [3.63, 3.8) is 0 Å². The zero-order valence-electron chi connectivity index (χ0n) is 22.3. The van der Waals surface area contributed by atoms with Gasteiger partial charge in [0.25, 0.3) is 5.79 Å². The van der Waals surface area contributed by atoms with Crippen molar-refractivity contribution in [1.82, 2.24) is 0 Å². The molecule has 3 heterocycles. The second kappa shape index (κ2) is 9.14. The number of ether oxygens (including phenoxy) is 5. The van der Waals surface area contributed by atoms with Crippen molar-refractivity contribution >= 4 is 0 Å². The second-order valence-corrected chi connectivity index (χ2v) is 10.5. The number of phenols is 3. The van der Waals surface area contributed by atoms with Crippen LogP contribution in [0.15, 0.2) is 66.7 Å². The molecule has 7 rings (SSSR count). The fourth-order valence-electron chi connectivity index (χ4n) is 6.22. The van der Waals surface area contributed by atoms with E-state index in [4.69, 9.17) is 23.7 Å². The Kier molecular flexibility index (Phi) is 5.62. The summed E-state index contributed by atoms with van der Waals surface area (Å²) in [4.78, 5) is 0. The van der Waals surface area contributed by atoms with Gasteiger partial charge in [-0.1, -0.05) is 24.3 Å². The highest BCUT2D eigenvalue weighted by molar-refractivity contribution is 5.65. The van der Waals surface area contributed by atoms with Crippen LogP contribution in [0, 0.1) is 0 Å². The molecule has 0 spiro atoms. The molecule has 3 aliphatic heterocycles. The number of hydrogen-bond donors (Lipinski definition) is 4. The summed E-state index contributed by atoms with van der Waals surface area (Å²) in [6, 6.07) is 19.1. The number of aromatic hydroxyl groups is 3. The minimum atomic E-state index is -1.23. The van der Waals surface area contributed by atoms with Crippen LogP contribution in [-0.2, 0) is 12.2 Å². The highest BCUT2D eigenvalue weighted by Crippen LogP contribution is 2.60. The van der Waals surface area contributed by atoms with Gasteiger partial charge in [-0.15, -0.1) is 0 Å². The molecule has 4 N–H and O–H groups in total. The lowest BCUT2D eigenvalue weighted by Crippen LogP contribution is -2.47. The lowest BCUT2D eigenvalue weighted by molar-refractivity contribution is -0.149. The summed E-state index contributed by atoms with van der Waals surface area (Å²) in [6.45, 7) is 0. The molecule has 0 aromatic heterocycles. The molecule has 3 aliphatic rings. The van der Waals surface area contributed by atoms with Crippen molar-refractivity contribution in [2.24, 2.45) is 0 Å². The number of benzene rings is 4. The van der Waals surface area contributed by atoms with Crippen molar-refractivity contribution in [1.29, 1.82) is 0 Å². The van der Waals surface area contributed by atoms with Crippen LogP contribution < -0.4 is 23.7 Å². The summed E-state index contributed by atoms with van der Waals surface area (Å²) in [5, 5.41) is 42.0. The van der Waals surface area contributed by atoms with Gasteiger partial charge in [0.1, 0.15) is 29.1 Å². The molecule has 0 aliphatic carbocycles. The third-order valence-electron chi connectivity index (χ3n) is 8.19. The van der Waals surface area contributed by atoms with Crippen LogP contribution in [0.3, 0.4) is 0 Å². The summed E-state index contributed by atoms with van der Waals surface area (Å²) in [7, 11) is 3.14. The maximum Gasteiger partial charge on any atom is 0.279 e. The van der Waals surface area contributed by atoms with Crippen LogP contribution in [0.5, 0.6) is 46.0 Å². The van der Waals surface area contributed by atoms with Gasteiger partial charge < -0.3 is 44.1 Å². The van der Waals surface area contributed by atoms with Crippen LogP contribution in [0.25, 0.3) is 0 Å². The van der Waals surface area contributed by atoms with E-state index in [1.54, 1.807) is 32.4 Å². The Balaban J connectivity index is 1.40. The molecule has 4 atom stereocenters. The van der Waals surface area contributed by atoms with Gasteiger partial charge in [0.2, 0.25) is 0 Å². The molecule has 0 saturated carbocycles. The molecule has 9 heteroatoms. The lowest BCUT2D eigenvalue weighted by atomic mass is 9.76. The Labute approximate surface area is 235 Å². The predicted octanol–water partition coefficient (Wildman–Crippen LogP) is 5.02. The van der Waals surface area contributed by atoms with E-state index < -0.39 is 18.0 Å². The van der Waals surface area contributed by atoms with E-state index in [0.717, 1.165) is 11.1 Å². The number of methoxy groups -OCH3 is 2. The van der Waals surface area contributed by atoms with Gasteiger partial charge in [0.15, 0.2) is 23.0 Å². The van der Waals surface area contributed by atoms with Crippen molar-refractivity contribution in [3.05, 3.63) is 94.5 Å². The molecule has 0 amide bonds. The molecule has 2 bridgehead atoms. The predicted molar refractivity (Wildman–Crippen MR) is 146 cm³/mol. The summed E-state index contributed by atoms with van der Waals surface area (Å²) >= 11 is 0. The normalized spacial score (nSPS) is 23.5. The average molecular weight is 557 g/mol. The zero-order valence-corrected chi connectivity index (χ0v) is 22.3. The van der Waals surface area contributed by atoms with Crippen LogP contribution >= 0.6 is 0 Å². The zero-order chi connectivity index (χ0) is 28.5. The molecule has 9 nitrogen and oxygen atoms in total. The van der Waals surface area contributed by atoms with E-state index in [1.807, 2.05) is 36.4 Å². The van der Waals surface area contributed by atoms with Crippen LogP contribution in [0.2, 0.25) is 0 Å². The van der Waals surface area contributed by atoms with Gasteiger partial charge >= 0.3 is 0 Å². The molecule has 2 unspecified atom stereocenters. The molecular weight excluding hydrogens is 528 g/mol. The average Bonchev–Trinajstić information content (AvgIpc) is 2.98. The molecule has 0 fully saturated rings. The topological polar surface area (TPSA) is 127 Å². The van der Waals surface area contributed by atoms with E-state index in [1.165, 1.54) is 12.1 Å². The summed E-state index contributed by atoms with van der Waals surface area (Å²) in [6.07, 6.45) is -1.34. The lowest BCUT2D eigenvalue weighted by Gasteiger charge is -2.47. The van der Waals surface area contributed by atoms with Crippen molar-refractivity contribution in [2.75, 3.05) is 14.2 Å². The molecule has 0 saturated heterocycles. The number of aliphatic hydroxyl groups excluding tert-OH is 1. The van der Waals surface area contributed by atoms with Gasteiger partial charge in [0, 0.05) is 47.1 Å². The van der Waals surface area contributed by atoms with Crippen LogP contribution in [0.4, 0.5) is 0 Å². The summed E-state index contributed by atoms with van der Waals surface area (Å²) in [5.41, 5.74) is 3.35. The monoisotopic (exact) mass is 556 g/mol. The second-order valence-electron chi connectivity index (χ2n) is 10.5. The number of para-hydroxylation sites is 1. The standard InChI is InChI=1S/C32H28O9/c1-37-26-10-8-17(12-27(26)38-2)32-15-20(18-5-3-4-6-25(18)40-32)29-28(41-32)14-22(34)19-13-24(36)30(39-31(19)29)16-7-9-21(33)23(35)11-16/h3-12,14,20,24,30,33-36H,13,15H2,1-2H3/t20?,24-,30+,32?/m0/s1. The fraction of sp³-hybridized carbons (Fsp3) is 0.250. The molecule has 4 aromatic carbocycles. The Morgan fingerprint density at radius 1 is 0.805 bits per heavy atom. The molecule has 41 heavy (non-hydrogen) atoms. The van der Waals surface area contributed by atoms with Crippen molar-refractivity contribution in [2.45, 2.75) is 36.8 Å². The SMILES string of the molecule is COc1ccc(C23CC(c4ccccc4O2)c2c(cc(O)c4c2O[C@H](c2ccc(O)c(O)c2)[C@@H](O)C4)O3)cc1OC. The number of phenolic OH excluding ortho intramolecular Hbond substituents is 3. The third kappa shape index (κ3) is 3.80. The number of fused-ring (bicyclic) bond motifs is 8. The van der Waals surface area contributed by atoms with E-state index in [9.17, 15) is 20.4 Å². The highest BCUT2D eigenvalue weighted by atomic mass is 16.7. The largest absolute Gasteiger partial charge is 0.507 e. The van der Waals surface area contributed by atoms with Crippen LogP contribution in [-0.4, -0.2) is 40.7 Å². The number of aliphatic hydroxyl groups is 1. The third-order valence-corrected chi connectivity index (χ3v) is 8.19. The molecule has 210 valence electrons. The Hall–Kier alpha value is -4.76. The highest BCUT2D eigenvalue weighted by Gasteiger charge is 2.52. The van der Waals surface area contributed by atoms with Crippen molar-refractivity contribution in [3.8, 4) is 46.0 Å². The number of rotatable bonds is 4. The number of hydrogen-bond acceptors (Lipinski definition) is 9. The van der Waals surface area contributed by atoms with Crippen LogP contribution in [0.1, 0.15) is 46.3 Å². The molecular formula is C32H28O9. The van der Waals surface area contributed by atoms with Gasteiger partial charge in [-0.25, -0.2) is 0 Å². The minimum absolute atomic E-state index is 0.0690. The minimum Gasteiger partial charge on any atom is -0.507 e. The maximum absolute atomic E-state index is 11.1. The Morgan fingerprint density at radius 3 is 2.37 bits per heavy atom. The first-order valence-electron chi connectivity index (χ1n) is 13.3. The van der Waals surface area contributed by atoms with E-state index >= 15 is 0 Å². The van der Waals surface area contributed by atoms with E-state index in [0.29, 0.717) is 51.9 Å². The summed E-state index contributed by atoms with van der Waals surface area (Å²) < 4.78 is 30.7. The maximum atomic E-state index is 11.1. The van der Waals surface area contributed by atoms with E-state index in [-0.39, 0.29) is 29.6 Å². The van der Waals surface area contributed by atoms with Crippen molar-refractivity contribution < 1.29 is 44.1 Å². The molecule has 4 aromatic rings. The van der Waals surface area contributed by atoms with E-state index in [2.05, 4.69) is 0 Å². The van der Waals surface area contributed by atoms with Gasteiger partial charge in [-0.2, -0.15) is 0 Å². The molecule has 0 radical (unpaired) electrons. The first-order chi connectivity index (χ1) is 19.8. The van der Waals surface area contributed by atoms with Gasteiger partial charge in [0.05, 0.1) is 20.3 Å². The smallest absolute Gasteiger partial charge is 0.279 e. The van der Waals surface area contributed by atoms with Gasteiger partial charge in [-0.3, -0.25) is 0 Å². The fourth-order valence-corrected chi connectivity index (χ4v) is 6.22. The quantitative estimate of drug-likeness (QED) is 0.256.